The molecule has 0 fully saturated rings. The van der Waals surface area contributed by atoms with Gasteiger partial charge < -0.3 is 29.5 Å². The Balaban J connectivity index is 0. The third-order valence-electron chi connectivity index (χ3n) is 6.18. The Morgan fingerprint density at radius 1 is 0.951 bits per heavy atom. The van der Waals surface area contributed by atoms with Crippen molar-refractivity contribution in [1.29, 1.82) is 0 Å². The van der Waals surface area contributed by atoms with Gasteiger partial charge in [-0.15, -0.1) is 0 Å². The Bertz CT molecular complexity index is 844. The molecular weight excluding hydrogens is 532 g/mol. The number of unbranched alkanes of at least 4 members (excludes halogenated alkanes) is 3. The van der Waals surface area contributed by atoms with Gasteiger partial charge >= 0.3 is 23.9 Å². The highest BCUT2D eigenvalue weighted by atomic mass is 16.5. The summed E-state index contributed by atoms with van der Waals surface area (Å²) in [6.45, 7) is 14.3. The Hall–Kier alpha value is -2.72. The molecule has 0 rings (SSSR count). The summed E-state index contributed by atoms with van der Waals surface area (Å²) in [5.41, 5.74) is -1.71. The maximum absolute atomic E-state index is 11.5. The van der Waals surface area contributed by atoms with Crippen molar-refractivity contribution in [3.8, 4) is 0 Å². The van der Waals surface area contributed by atoms with Crippen LogP contribution in [-0.2, 0) is 33.4 Å². The number of aliphatic carboxylic acids is 2. The number of rotatable bonds is 20. The van der Waals surface area contributed by atoms with Crippen molar-refractivity contribution < 1.29 is 48.7 Å². The number of esters is 2. The van der Waals surface area contributed by atoms with Crippen LogP contribution in [0, 0.1) is 5.92 Å². The van der Waals surface area contributed by atoms with Crippen molar-refractivity contribution in [1.82, 2.24) is 0 Å². The maximum atomic E-state index is 11.5. The first-order valence-corrected chi connectivity index (χ1v) is 14.4. The Morgan fingerprint density at radius 3 is 2.10 bits per heavy atom. The minimum absolute atomic E-state index is 0.0222. The molecule has 41 heavy (non-hydrogen) atoms. The van der Waals surface area contributed by atoms with E-state index >= 15 is 0 Å². The predicted molar refractivity (Wildman–Crippen MR) is 157 cm³/mol. The quantitative estimate of drug-likeness (QED) is 0.0684. The minimum atomic E-state index is -2.62. The topological polar surface area (TPSA) is 157 Å². The van der Waals surface area contributed by atoms with Gasteiger partial charge in [0.1, 0.15) is 0 Å². The second kappa shape index (κ2) is 22.0. The molecule has 0 aromatic rings. The standard InChI is InChI=1S/C19H34O3.C12H20O7/c1-15(2)22-18(20)14-17(4)11-8-10-16(3)12-9-13-19(5,6)21-7;1-2-3-4-5-6-19-10(15)8-12(18,11(16)17)7-9(13)14/h8,11,14-16H,9-10,12-13H2,1-7H3;18H,2-8H2,1H3,(H,13,14)(H,16,17)/b11-8+,17-14+;. The molecule has 10 nitrogen and oxygen atoms in total. The number of allylic oxidation sites excluding steroid dienone is 3. The highest BCUT2D eigenvalue weighted by molar-refractivity contribution is 5.88. The van der Waals surface area contributed by atoms with Crippen molar-refractivity contribution in [3.63, 3.8) is 0 Å². The van der Waals surface area contributed by atoms with Crippen LogP contribution in [0.25, 0.3) is 0 Å². The SMILES string of the molecule is CCCCCCOC(=O)CC(O)(CC(=O)O)C(=O)O.COC(C)(C)CCCC(C)C/C=C/C(C)=C/C(=O)OC(C)C. The summed E-state index contributed by atoms with van der Waals surface area (Å²) in [5.74, 6) is -3.80. The zero-order chi connectivity index (χ0) is 32.1. The Morgan fingerprint density at radius 2 is 1.59 bits per heavy atom. The second-order valence-corrected chi connectivity index (χ2v) is 11.3. The van der Waals surface area contributed by atoms with Crippen molar-refractivity contribution in [2.75, 3.05) is 13.7 Å². The van der Waals surface area contributed by atoms with Crippen LogP contribution in [0.15, 0.2) is 23.8 Å². The van der Waals surface area contributed by atoms with Gasteiger partial charge in [-0.3, -0.25) is 9.59 Å². The number of carboxylic acid groups (broad SMARTS) is 2. The lowest BCUT2D eigenvalue weighted by atomic mass is 9.95. The molecule has 3 N–H and O–H groups in total. The van der Waals surface area contributed by atoms with Crippen LogP contribution in [0.5, 0.6) is 0 Å². The number of carbonyl (C=O) groups excluding carboxylic acids is 2. The highest BCUT2D eigenvalue weighted by Crippen LogP contribution is 2.21. The van der Waals surface area contributed by atoms with E-state index < -0.39 is 36.4 Å². The average molecular weight is 587 g/mol. The predicted octanol–water partition coefficient (Wildman–Crippen LogP) is 5.85. The molecule has 238 valence electrons. The molecule has 10 heteroatoms. The summed E-state index contributed by atoms with van der Waals surface area (Å²) in [4.78, 5) is 44.1. The van der Waals surface area contributed by atoms with E-state index in [0.29, 0.717) is 12.3 Å². The summed E-state index contributed by atoms with van der Waals surface area (Å²) in [5, 5.41) is 26.8. The van der Waals surface area contributed by atoms with E-state index in [0.717, 1.165) is 37.7 Å². The van der Waals surface area contributed by atoms with Crippen LogP contribution in [0.2, 0.25) is 0 Å². The molecule has 0 amide bonds. The number of hydrogen-bond donors (Lipinski definition) is 3. The molecule has 0 spiro atoms. The van der Waals surface area contributed by atoms with Crippen LogP contribution < -0.4 is 0 Å². The van der Waals surface area contributed by atoms with E-state index in [1.807, 2.05) is 33.8 Å². The van der Waals surface area contributed by atoms with E-state index in [2.05, 4.69) is 26.8 Å². The summed E-state index contributed by atoms with van der Waals surface area (Å²) < 4.78 is 15.3. The summed E-state index contributed by atoms with van der Waals surface area (Å²) in [6.07, 6.45) is 11.7. The summed E-state index contributed by atoms with van der Waals surface area (Å²) in [7, 11) is 1.77. The molecule has 2 unspecified atom stereocenters. The molecule has 0 bridgehead atoms. The number of carboxylic acids is 2. The fourth-order valence-electron chi connectivity index (χ4n) is 3.55. The number of carbonyl (C=O) groups is 4. The Labute approximate surface area is 246 Å². The van der Waals surface area contributed by atoms with E-state index in [-0.39, 0.29) is 24.3 Å². The molecule has 0 aromatic carbocycles. The van der Waals surface area contributed by atoms with Crippen molar-refractivity contribution in [2.24, 2.45) is 5.92 Å². The molecule has 0 heterocycles. The molecule has 0 radical (unpaired) electrons. The first-order valence-electron chi connectivity index (χ1n) is 14.4. The van der Waals surface area contributed by atoms with Gasteiger partial charge in [0.15, 0.2) is 5.60 Å². The van der Waals surface area contributed by atoms with Crippen LogP contribution in [0.1, 0.15) is 113 Å². The van der Waals surface area contributed by atoms with Gasteiger partial charge in [-0.25, -0.2) is 9.59 Å². The third-order valence-corrected chi connectivity index (χ3v) is 6.18. The van der Waals surface area contributed by atoms with Crippen molar-refractivity contribution >= 4 is 23.9 Å². The fraction of sp³-hybridized carbons (Fsp3) is 0.742. The number of methoxy groups -OCH3 is 1. The first-order chi connectivity index (χ1) is 19.0. The van der Waals surface area contributed by atoms with Crippen LogP contribution in [0.3, 0.4) is 0 Å². The molecular formula is C31H54O10. The smallest absolute Gasteiger partial charge is 0.336 e. The average Bonchev–Trinajstić information content (AvgIpc) is 2.83. The van der Waals surface area contributed by atoms with Gasteiger partial charge in [0, 0.05) is 13.2 Å². The number of ether oxygens (including phenoxy) is 3. The summed E-state index contributed by atoms with van der Waals surface area (Å²) >= 11 is 0. The number of aliphatic hydroxyl groups is 1. The van der Waals surface area contributed by atoms with Crippen LogP contribution >= 0.6 is 0 Å². The normalized spacial score (nSPS) is 14.1. The van der Waals surface area contributed by atoms with E-state index in [4.69, 9.17) is 24.4 Å². The molecule has 0 aromatic heterocycles. The summed E-state index contributed by atoms with van der Waals surface area (Å²) in [6, 6.07) is 0. The maximum Gasteiger partial charge on any atom is 0.336 e. The van der Waals surface area contributed by atoms with Crippen molar-refractivity contribution in [2.45, 2.75) is 130 Å². The van der Waals surface area contributed by atoms with Gasteiger partial charge in [-0.05, 0) is 65.4 Å². The zero-order valence-electron chi connectivity index (χ0n) is 26.4. The van der Waals surface area contributed by atoms with Gasteiger partial charge in [0.05, 0.1) is 31.2 Å². The van der Waals surface area contributed by atoms with Crippen LogP contribution in [0.4, 0.5) is 0 Å². The minimum Gasteiger partial charge on any atom is -0.481 e. The van der Waals surface area contributed by atoms with Gasteiger partial charge in [-0.2, -0.15) is 0 Å². The fourth-order valence-corrected chi connectivity index (χ4v) is 3.55. The van der Waals surface area contributed by atoms with E-state index in [1.54, 1.807) is 13.2 Å². The lowest BCUT2D eigenvalue weighted by Crippen LogP contribution is -2.43. The lowest BCUT2D eigenvalue weighted by molar-refractivity contribution is -0.172. The molecule has 0 aliphatic heterocycles. The van der Waals surface area contributed by atoms with E-state index in [9.17, 15) is 24.3 Å². The van der Waals surface area contributed by atoms with Crippen molar-refractivity contribution in [3.05, 3.63) is 23.8 Å². The molecule has 0 aliphatic carbocycles. The molecule has 2 atom stereocenters. The van der Waals surface area contributed by atoms with E-state index in [1.165, 1.54) is 12.8 Å². The van der Waals surface area contributed by atoms with Gasteiger partial charge in [0.2, 0.25) is 0 Å². The van der Waals surface area contributed by atoms with Crippen LogP contribution in [-0.4, -0.2) is 70.2 Å². The highest BCUT2D eigenvalue weighted by Gasteiger charge is 2.41. The molecule has 0 aliphatic rings. The number of hydrogen-bond acceptors (Lipinski definition) is 8. The third kappa shape index (κ3) is 23.7. The largest absolute Gasteiger partial charge is 0.481 e. The molecule has 0 saturated heterocycles. The zero-order valence-corrected chi connectivity index (χ0v) is 26.4. The first kappa shape index (κ1) is 40.4. The lowest BCUT2D eigenvalue weighted by Gasteiger charge is -2.23. The van der Waals surface area contributed by atoms with Gasteiger partial charge in [-0.1, -0.05) is 58.1 Å². The molecule has 0 saturated carbocycles. The monoisotopic (exact) mass is 586 g/mol. The van der Waals surface area contributed by atoms with Gasteiger partial charge in [0.25, 0.3) is 0 Å². The Kier molecular flexibility index (Phi) is 21.6. The second-order valence-electron chi connectivity index (χ2n) is 11.3.